The number of fused-ring (bicyclic) bond motifs is 1. The van der Waals surface area contributed by atoms with Crippen LogP contribution in [0.1, 0.15) is 24.0 Å². The van der Waals surface area contributed by atoms with E-state index in [4.69, 9.17) is 13.9 Å². The van der Waals surface area contributed by atoms with Gasteiger partial charge in [0.15, 0.2) is 10.7 Å². The smallest absolute Gasteiger partial charge is 0.412 e. The molecule has 0 bridgehead atoms. The Kier molecular flexibility index (Phi) is 5.98. The van der Waals surface area contributed by atoms with Crippen LogP contribution in [0.25, 0.3) is 32.7 Å². The van der Waals surface area contributed by atoms with Gasteiger partial charge in [-0.05, 0) is 46.5 Å². The zero-order valence-electron chi connectivity index (χ0n) is 19.8. The molecule has 184 valence electrons. The highest BCUT2D eigenvalue weighted by Crippen LogP contribution is 2.49. The average Bonchev–Trinajstić information content (AvgIpc) is 3.44. The van der Waals surface area contributed by atoms with Crippen LogP contribution in [0.3, 0.4) is 0 Å². The molecule has 1 aliphatic carbocycles. The number of rotatable bonds is 8. The molecule has 0 aliphatic heterocycles. The van der Waals surface area contributed by atoms with Gasteiger partial charge in [-0.1, -0.05) is 78.9 Å². The highest BCUT2D eigenvalue weighted by atomic mass is 32.1. The van der Waals surface area contributed by atoms with Crippen molar-refractivity contribution in [1.82, 2.24) is 0 Å². The maximum absolute atomic E-state index is 12.6. The summed E-state index contributed by atoms with van der Waals surface area (Å²) in [4.78, 5) is 24.2. The van der Waals surface area contributed by atoms with Crippen LogP contribution in [-0.4, -0.2) is 12.6 Å². The van der Waals surface area contributed by atoms with Gasteiger partial charge in [-0.3, -0.25) is 10.1 Å². The number of carbonyl (C=O) groups excluding carboxylic acids is 2. The minimum Gasteiger partial charge on any atom is -0.456 e. The summed E-state index contributed by atoms with van der Waals surface area (Å²) in [7, 11) is 0. The summed E-state index contributed by atoms with van der Waals surface area (Å²) in [6, 6.07) is 27.6. The lowest BCUT2D eigenvalue weighted by molar-refractivity contribution is -0.136. The van der Waals surface area contributed by atoms with E-state index in [1.54, 1.807) is 0 Å². The number of benzene rings is 3. The summed E-state index contributed by atoms with van der Waals surface area (Å²) in [5.74, 6) is 0.585. The molecule has 2 heterocycles. The van der Waals surface area contributed by atoms with Crippen molar-refractivity contribution in [2.45, 2.75) is 25.0 Å². The summed E-state index contributed by atoms with van der Waals surface area (Å²) >= 11 is 1.48. The first-order chi connectivity index (χ1) is 18.1. The summed E-state index contributed by atoms with van der Waals surface area (Å²) in [6.07, 6.45) is 1.18. The predicted molar refractivity (Wildman–Crippen MR) is 143 cm³/mol. The van der Waals surface area contributed by atoms with Crippen LogP contribution < -0.4 is 5.32 Å². The molecule has 1 aliphatic rings. The first-order valence-corrected chi connectivity index (χ1v) is 12.8. The lowest BCUT2D eigenvalue weighted by atomic mass is 9.99. The third-order valence-electron chi connectivity index (χ3n) is 6.63. The third kappa shape index (κ3) is 4.61. The number of carbonyl (C=O) groups is 2. The van der Waals surface area contributed by atoms with Gasteiger partial charge in [-0.2, -0.15) is 0 Å². The summed E-state index contributed by atoms with van der Waals surface area (Å²) < 4.78 is 16.9. The van der Waals surface area contributed by atoms with Crippen LogP contribution in [0.2, 0.25) is 0 Å². The van der Waals surface area contributed by atoms with Gasteiger partial charge in [-0.15, -0.1) is 11.3 Å². The minimum atomic E-state index is -0.539. The molecule has 37 heavy (non-hydrogen) atoms. The molecular weight excluding hydrogens is 486 g/mol. The van der Waals surface area contributed by atoms with Crippen LogP contribution >= 0.6 is 11.3 Å². The van der Waals surface area contributed by atoms with Crippen molar-refractivity contribution >= 4 is 39.9 Å². The Balaban J connectivity index is 1.21. The van der Waals surface area contributed by atoms with Gasteiger partial charge < -0.3 is 13.9 Å². The second kappa shape index (κ2) is 9.59. The minimum absolute atomic E-state index is 0.183. The number of amides is 1. The molecule has 0 atom stereocenters. The van der Waals surface area contributed by atoms with Crippen molar-refractivity contribution in [2.24, 2.45) is 0 Å². The van der Waals surface area contributed by atoms with E-state index >= 15 is 0 Å². The van der Waals surface area contributed by atoms with Gasteiger partial charge in [-0.25, -0.2) is 4.79 Å². The van der Waals surface area contributed by atoms with E-state index in [1.165, 1.54) is 11.3 Å². The van der Waals surface area contributed by atoms with E-state index in [9.17, 15) is 9.59 Å². The molecule has 3 aromatic carbocycles. The molecule has 0 radical (unpaired) electrons. The molecule has 1 fully saturated rings. The quantitative estimate of drug-likeness (QED) is 0.217. The number of thiophene rings is 1. The van der Waals surface area contributed by atoms with Crippen LogP contribution in [-0.2, 0) is 26.5 Å². The SMILES string of the molecule is O=COC1(c2ccc(-c3ccc(-c4oc5sccc5c4NC(=O)OCc4ccccc4)cc3)cc2)CC1. The lowest BCUT2D eigenvalue weighted by Gasteiger charge is -2.14. The lowest BCUT2D eigenvalue weighted by Crippen LogP contribution is -2.13. The van der Waals surface area contributed by atoms with E-state index in [1.807, 2.05) is 90.3 Å². The molecule has 6 nitrogen and oxygen atoms in total. The molecule has 1 amide bonds. The van der Waals surface area contributed by atoms with Gasteiger partial charge in [0, 0.05) is 5.56 Å². The number of nitrogens with one attached hydrogen (secondary N) is 1. The molecule has 0 spiro atoms. The number of anilines is 1. The largest absolute Gasteiger partial charge is 0.456 e. The molecule has 7 heteroatoms. The zero-order chi connectivity index (χ0) is 25.2. The van der Waals surface area contributed by atoms with Gasteiger partial charge >= 0.3 is 6.09 Å². The fourth-order valence-corrected chi connectivity index (χ4v) is 5.23. The maximum atomic E-state index is 12.6. The number of furan rings is 1. The van der Waals surface area contributed by atoms with Crippen LogP contribution in [0, 0.1) is 0 Å². The van der Waals surface area contributed by atoms with Crippen LogP contribution in [0.4, 0.5) is 10.5 Å². The molecule has 0 saturated heterocycles. The Morgan fingerprint density at radius 2 is 1.59 bits per heavy atom. The van der Waals surface area contributed by atoms with E-state index in [2.05, 4.69) is 5.32 Å². The van der Waals surface area contributed by atoms with Crippen molar-refractivity contribution < 1.29 is 23.5 Å². The summed E-state index contributed by atoms with van der Waals surface area (Å²) in [5, 5.41) is 5.65. The Hall–Kier alpha value is -4.36. The summed E-state index contributed by atoms with van der Waals surface area (Å²) in [6.45, 7) is 0.715. The Bertz CT molecular complexity index is 1550. The molecule has 0 unspecified atom stereocenters. The number of hydrogen-bond acceptors (Lipinski definition) is 6. The zero-order valence-corrected chi connectivity index (χ0v) is 20.6. The Morgan fingerprint density at radius 3 is 2.27 bits per heavy atom. The molecule has 1 N–H and O–H groups in total. The Morgan fingerprint density at radius 1 is 0.919 bits per heavy atom. The van der Waals surface area contributed by atoms with E-state index in [0.717, 1.165) is 50.9 Å². The molecule has 1 saturated carbocycles. The second-order valence-corrected chi connectivity index (χ2v) is 9.86. The van der Waals surface area contributed by atoms with E-state index in [-0.39, 0.29) is 6.61 Å². The normalized spacial score (nSPS) is 13.7. The molecule has 6 rings (SSSR count). The van der Waals surface area contributed by atoms with Crippen molar-refractivity contribution in [1.29, 1.82) is 0 Å². The second-order valence-electron chi connectivity index (χ2n) is 8.98. The Labute approximate surface area is 217 Å². The summed E-state index contributed by atoms with van der Waals surface area (Å²) in [5.41, 5.74) is 5.03. The molecule has 5 aromatic rings. The van der Waals surface area contributed by atoms with Crippen LogP contribution in [0.15, 0.2) is 94.7 Å². The van der Waals surface area contributed by atoms with E-state index in [0.29, 0.717) is 17.9 Å². The van der Waals surface area contributed by atoms with Gasteiger partial charge in [0.2, 0.25) is 0 Å². The number of ether oxygens (including phenoxy) is 2. The first-order valence-electron chi connectivity index (χ1n) is 12.0. The van der Waals surface area contributed by atoms with Gasteiger partial charge in [0.05, 0.1) is 11.1 Å². The van der Waals surface area contributed by atoms with E-state index < -0.39 is 11.7 Å². The topological polar surface area (TPSA) is 77.8 Å². The van der Waals surface area contributed by atoms with Crippen molar-refractivity contribution in [3.63, 3.8) is 0 Å². The standard InChI is InChI=1S/C30H23NO5S/c32-19-35-30(15-16-30)24-12-10-22(11-13-24)21-6-8-23(9-7-21)27-26(25-14-17-37-28(25)36-27)31-29(33)34-18-20-4-2-1-3-5-20/h1-14,17,19H,15-16,18H2,(H,31,33). The molecule has 2 aromatic heterocycles. The average molecular weight is 510 g/mol. The fraction of sp³-hybridized carbons (Fsp3) is 0.133. The first kappa shape index (κ1) is 23.1. The predicted octanol–water partition coefficient (Wildman–Crippen LogP) is 7.74. The van der Waals surface area contributed by atoms with Crippen molar-refractivity contribution in [3.8, 4) is 22.5 Å². The van der Waals surface area contributed by atoms with Crippen LogP contribution in [0.5, 0.6) is 0 Å². The number of hydrogen-bond donors (Lipinski definition) is 1. The van der Waals surface area contributed by atoms with Crippen molar-refractivity contribution in [2.75, 3.05) is 5.32 Å². The highest BCUT2D eigenvalue weighted by Gasteiger charge is 2.46. The maximum Gasteiger partial charge on any atom is 0.412 e. The third-order valence-corrected chi connectivity index (χ3v) is 7.42. The van der Waals surface area contributed by atoms with Gasteiger partial charge in [0.25, 0.3) is 6.47 Å². The monoisotopic (exact) mass is 509 g/mol. The van der Waals surface area contributed by atoms with Crippen molar-refractivity contribution in [3.05, 3.63) is 101 Å². The molecular formula is C30H23NO5S. The van der Waals surface area contributed by atoms with Gasteiger partial charge in [0.1, 0.15) is 12.2 Å². The highest BCUT2D eigenvalue weighted by molar-refractivity contribution is 7.16. The fourth-order valence-electron chi connectivity index (χ4n) is 4.48.